The van der Waals surface area contributed by atoms with E-state index in [-0.39, 0.29) is 18.0 Å². The molecule has 0 aliphatic heterocycles. The van der Waals surface area contributed by atoms with Gasteiger partial charge in [0.15, 0.2) is 11.5 Å². The van der Waals surface area contributed by atoms with Crippen molar-refractivity contribution in [2.75, 3.05) is 20.3 Å². The van der Waals surface area contributed by atoms with Crippen LogP contribution in [0.2, 0.25) is 5.02 Å². The van der Waals surface area contributed by atoms with E-state index in [9.17, 15) is 8.42 Å². The fourth-order valence-corrected chi connectivity index (χ4v) is 3.47. The number of ether oxygens (including phenoxy) is 2. The molecule has 0 saturated heterocycles. The predicted molar refractivity (Wildman–Crippen MR) is 97.6 cm³/mol. The number of halogens is 1. The van der Waals surface area contributed by atoms with Crippen molar-refractivity contribution in [2.24, 2.45) is 0 Å². The van der Waals surface area contributed by atoms with Crippen molar-refractivity contribution in [2.45, 2.75) is 11.8 Å². The summed E-state index contributed by atoms with van der Waals surface area (Å²) >= 11 is 5.96. The van der Waals surface area contributed by atoms with E-state index in [1.165, 1.54) is 6.07 Å². The van der Waals surface area contributed by atoms with Gasteiger partial charge in [-0.05, 0) is 36.8 Å². The summed E-state index contributed by atoms with van der Waals surface area (Å²) in [5.74, 6) is 6.66. The third kappa shape index (κ3) is 5.13. The van der Waals surface area contributed by atoms with Crippen molar-refractivity contribution in [3.05, 3.63) is 53.1 Å². The van der Waals surface area contributed by atoms with Gasteiger partial charge in [0.1, 0.15) is 6.61 Å². The second kappa shape index (κ2) is 8.77. The normalized spacial score (nSPS) is 10.7. The zero-order chi connectivity index (χ0) is 18.3. The van der Waals surface area contributed by atoms with E-state index in [1.54, 1.807) is 38.3 Å². The van der Waals surface area contributed by atoms with Crippen molar-refractivity contribution >= 4 is 21.6 Å². The van der Waals surface area contributed by atoms with Gasteiger partial charge in [0.2, 0.25) is 10.0 Å². The Balaban J connectivity index is 1.91. The highest BCUT2D eigenvalue weighted by molar-refractivity contribution is 7.89. The molecule has 2 rings (SSSR count). The second-order valence-electron chi connectivity index (χ2n) is 4.98. The number of para-hydroxylation sites is 2. The molecule has 0 radical (unpaired) electrons. The molecule has 7 heteroatoms. The molecular formula is C18H18ClNO4S. The molecule has 0 aliphatic carbocycles. The molecule has 2 aromatic carbocycles. The Kier molecular flexibility index (Phi) is 6.71. The summed E-state index contributed by atoms with van der Waals surface area (Å²) in [4.78, 5) is 0.145. The SMILES string of the molecule is COc1ccccc1OCC#CCNS(=O)(=O)c1cccc(Cl)c1C. The molecule has 5 nitrogen and oxygen atoms in total. The lowest BCUT2D eigenvalue weighted by molar-refractivity contribution is 0.331. The van der Waals surface area contributed by atoms with Crippen LogP contribution in [-0.2, 0) is 10.0 Å². The van der Waals surface area contributed by atoms with Crippen LogP contribution < -0.4 is 14.2 Å². The van der Waals surface area contributed by atoms with Gasteiger partial charge >= 0.3 is 0 Å². The molecule has 132 valence electrons. The largest absolute Gasteiger partial charge is 0.493 e. The van der Waals surface area contributed by atoms with Crippen molar-refractivity contribution in [1.29, 1.82) is 0 Å². The number of hydrogen-bond donors (Lipinski definition) is 1. The van der Waals surface area contributed by atoms with Crippen molar-refractivity contribution in [3.63, 3.8) is 0 Å². The van der Waals surface area contributed by atoms with E-state index in [0.29, 0.717) is 22.1 Å². The van der Waals surface area contributed by atoms with E-state index in [4.69, 9.17) is 21.1 Å². The highest BCUT2D eigenvalue weighted by Gasteiger charge is 2.16. The Morgan fingerprint density at radius 3 is 2.52 bits per heavy atom. The fourth-order valence-electron chi connectivity index (χ4n) is 2.05. The molecule has 0 atom stereocenters. The van der Waals surface area contributed by atoms with Crippen molar-refractivity contribution in [3.8, 4) is 23.3 Å². The Hall–Kier alpha value is -2.20. The van der Waals surface area contributed by atoms with Crippen LogP contribution in [0.4, 0.5) is 0 Å². The molecule has 0 unspecified atom stereocenters. The first-order valence-electron chi connectivity index (χ1n) is 7.42. The highest BCUT2D eigenvalue weighted by Crippen LogP contribution is 2.25. The van der Waals surface area contributed by atoms with Gasteiger partial charge in [-0.3, -0.25) is 0 Å². The van der Waals surface area contributed by atoms with Crippen LogP contribution in [0.3, 0.4) is 0 Å². The molecule has 1 N–H and O–H groups in total. The van der Waals surface area contributed by atoms with Gasteiger partial charge in [-0.2, -0.15) is 4.72 Å². The third-order valence-electron chi connectivity index (χ3n) is 3.35. The molecule has 0 aliphatic rings. The maximum Gasteiger partial charge on any atom is 0.241 e. The molecule has 0 aromatic heterocycles. The third-order valence-corrected chi connectivity index (χ3v) is 5.31. The first kappa shape index (κ1) is 19.1. The lowest BCUT2D eigenvalue weighted by atomic mass is 10.2. The maximum atomic E-state index is 12.3. The smallest absolute Gasteiger partial charge is 0.241 e. The number of benzene rings is 2. The summed E-state index contributed by atoms with van der Waals surface area (Å²) in [7, 11) is -2.11. The van der Waals surface area contributed by atoms with E-state index in [1.807, 2.05) is 12.1 Å². The molecule has 2 aromatic rings. The molecule has 0 saturated carbocycles. The van der Waals surface area contributed by atoms with Gasteiger partial charge in [-0.1, -0.05) is 41.6 Å². The van der Waals surface area contributed by atoms with Gasteiger partial charge in [0, 0.05) is 5.02 Å². The van der Waals surface area contributed by atoms with Crippen LogP contribution in [0.25, 0.3) is 0 Å². The molecule has 0 spiro atoms. The van der Waals surface area contributed by atoms with E-state index in [0.717, 1.165) is 0 Å². The van der Waals surface area contributed by atoms with Gasteiger partial charge in [0.05, 0.1) is 18.6 Å². The summed E-state index contributed by atoms with van der Waals surface area (Å²) in [5, 5.41) is 0.402. The number of methoxy groups -OCH3 is 1. The van der Waals surface area contributed by atoms with Crippen molar-refractivity contribution < 1.29 is 17.9 Å². The van der Waals surface area contributed by atoms with Crippen LogP contribution in [0.15, 0.2) is 47.4 Å². The Morgan fingerprint density at radius 2 is 1.80 bits per heavy atom. The summed E-state index contributed by atoms with van der Waals surface area (Å²) in [6.07, 6.45) is 0. The summed E-state index contributed by atoms with van der Waals surface area (Å²) in [6.45, 7) is 1.76. The molecule has 0 bridgehead atoms. The topological polar surface area (TPSA) is 64.6 Å². The standard InChI is InChI=1S/C18H18ClNO4S/c1-14-15(19)8-7-11-18(14)25(21,22)20-12-5-6-13-24-17-10-4-3-9-16(17)23-2/h3-4,7-11,20H,12-13H2,1-2H3. The minimum Gasteiger partial charge on any atom is -0.493 e. The van der Waals surface area contributed by atoms with Gasteiger partial charge in [-0.25, -0.2) is 8.42 Å². The lowest BCUT2D eigenvalue weighted by Crippen LogP contribution is -2.24. The van der Waals surface area contributed by atoms with Crippen LogP contribution in [0.5, 0.6) is 11.5 Å². The first-order valence-corrected chi connectivity index (χ1v) is 9.28. The monoisotopic (exact) mass is 379 g/mol. The van der Waals surface area contributed by atoms with Gasteiger partial charge in [0.25, 0.3) is 0 Å². The summed E-state index contributed by atoms with van der Waals surface area (Å²) in [6, 6.07) is 12.0. The lowest BCUT2D eigenvalue weighted by Gasteiger charge is -2.08. The average Bonchev–Trinajstić information content (AvgIpc) is 2.60. The van der Waals surface area contributed by atoms with Crippen LogP contribution in [-0.4, -0.2) is 28.7 Å². The van der Waals surface area contributed by atoms with E-state index in [2.05, 4.69) is 16.6 Å². The Labute approximate surface area is 153 Å². The Bertz CT molecular complexity index is 901. The summed E-state index contributed by atoms with van der Waals surface area (Å²) in [5.41, 5.74) is 0.504. The molecular weight excluding hydrogens is 362 g/mol. The second-order valence-corrected chi connectivity index (χ2v) is 7.12. The minimum atomic E-state index is -3.66. The van der Waals surface area contributed by atoms with Crippen LogP contribution >= 0.6 is 11.6 Å². The summed E-state index contributed by atoms with van der Waals surface area (Å²) < 4.78 is 37.6. The Morgan fingerprint density at radius 1 is 1.08 bits per heavy atom. The van der Waals surface area contributed by atoms with Gasteiger partial charge in [-0.15, -0.1) is 0 Å². The fraction of sp³-hybridized carbons (Fsp3) is 0.222. The van der Waals surface area contributed by atoms with Crippen molar-refractivity contribution in [1.82, 2.24) is 4.72 Å². The zero-order valence-electron chi connectivity index (χ0n) is 13.9. The quantitative estimate of drug-likeness (QED) is 0.783. The van der Waals surface area contributed by atoms with Crippen LogP contribution in [0.1, 0.15) is 5.56 Å². The molecule has 0 fully saturated rings. The number of sulfonamides is 1. The highest BCUT2D eigenvalue weighted by atomic mass is 35.5. The number of rotatable bonds is 6. The first-order chi connectivity index (χ1) is 12.0. The molecule has 25 heavy (non-hydrogen) atoms. The maximum absolute atomic E-state index is 12.3. The van der Waals surface area contributed by atoms with E-state index < -0.39 is 10.0 Å². The number of nitrogens with one attached hydrogen (secondary N) is 1. The van der Waals surface area contributed by atoms with Crippen LogP contribution in [0, 0.1) is 18.8 Å². The average molecular weight is 380 g/mol. The predicted octanol–water partition coefficient (Wildman–Crippen LogP) is 3.02. The minimum absolute atomic E-state index is 0.0242. The van der Waals surface area contributed by atoms with Gasteiger partial charge < -0.3 is 9.47 Å². The van der Waals surface area contributed by atoms with E-state index >= 15 is 0 Å². The molecule has 0 heterocycles. The number of hydrogen-bond acceptors (Lipinski definition) is 4. The zero-order valence-corrected chi connectivity index (χ0v) is 15.4. The molecule has 0 amide bonds.